The topological polar surface area (TPSA) is 80.0 Å². The summed E-state index contributed by atoms with van der Waals surface area (Å²) in [5.74, 6) is 6.05. The van der Waals surface area contributed by atoms with E-state index in [1.807, 2.05) is 6.92 Å². The van der Waals surface area contributed by atoms with Crippen molar-refractivity contribution in [1.82, 2.24) is 10.3 Å². The molecule has 1 atom stereocenters. The van der Waals surface area contributed by atoms with Crippen LogP contribution in [-0.2, 0) is 0 Å². The summed E-state index contributed by atoms with van der Waals surface area (Å²) in [6, 6.07) is 1.82. The molecule has 0 bridgehead atoms. The maximum absolute atomic E-state index is 12.3. The summed E-state index contributed by atoms with van der Waals surface area (Å²) in [7, 11) is 0. The van der Waals surface area contributed by atoms with E-state index >= 15 is 0 Å². The van der Waals surface area contributed by atoms with E-state index in [1.54, 1.807) is 12.3 Å². The Bertz CT molecular complexity index is 435. The van der Waals surface area contributed by atoms with Gasteiger partial charge in [-0.15, -0.1) is 0 Å². The Balaban J connectivity index is 2.86. The number of hydrazine groups is 1. The van der Waals surface area contributed by atoms with Crippen molar-refractivity contribution in [2.45, 2.75) is 39.7 Å². The lowest BCUT2D eigenvalue weighted by molar-refractivity contribution is 0.0925. The number of rotatable bonds is 6. The van der Waals surface area contributed by atoms with Crippen molar-refractivity contribution in [3.63, 3.8) is 0 Å². The smallest absolute Gasteiger partial charge is 0.255 e. The fraction of sp³-hybridized carbons (Fsp3) is 0.538. The fourth-order valence-corrected chi connectivity index (χ4v) is 2.46. The van der Waals surface area contributed by atoms with Crippen molar-refractivity contribution in [3.8, 4) is 0 Å². The van der Waals surface area contributed by atoms with E-state index in [-0.39, 0.29) is 11.9 Å². The van der Waals surface area contributed by atoms with Gasteiger partial charge in [-0.05, 0) is 34.8 Å². The van der Waals surface area contributed by atoms with Crippen LogP contribution in [-0.4, -0.2) is 16.9 Å². The molecule has 1 aromatic rings. The van der Waals surface area contributed by atoms with E-state index in [0.29, 0.717) is 17.3 Å². The highest BCUT2D eigenvalue weighted by molar-refractivity contribution is 9.10. The van der Waals surface area contributed by atoms with Gasteiger partial charge in [0.15, 0.2) is 5.82 Å². The Morgan fingerprint density at radius 3 is 2.63 bits per heavy atom. The molecule has 5 nitrogen and oxygen atoms in total. The molecule has 0 aromatic carbocycles. The van der Waals surface area contributed by atoms with Gasteiger partial charge in [0.1, 0.15) is 0 Å². The lowest BCUT2D eigenvalue weighted by atomic mass is 9.95. The molecule has 19 heavy (non-hydrogen) atoms. The molecular formula is C13H21BrN4O. The largest absolute Gasteiger partial charge is 0.349 e. The van der Waals surface area contributed by atoms with Crippen molar-refractivity contribution in [1.29, 1.82) is 0 Å². The van der Waals surface area contributed by atoms with Crippen LogP contribution in [0.1, 0.15) is 44.0 Å². The summed E-state index contributed by atoms with van der Waals surface area (Å²) in [6.07, 6.45) is 3.67. The molecule has 1 rings (SSSR count). The summed E-state index contributed by atoms with van der Waals surface area (Å²) in [5.41, 5.74) is 2.88. The summed E-state index contributed by atoms with van der Waals surface area (Å²) >= 11 is 3.31. The van der Waals surface area contributed by atoms with E-state index in [4.69, 9.17) is 5.84 Å². The minimum Gasteiger partial charge on any atom is -0.349 e. The highest BCUT2D eigenvalue weighted by Gasteiger charge is 2.19. The molecule has 0 aliphatic rings. The Morgan fingerprint density at radius 1 is 1.47 bits per heavy atom. The lowest BCUT2D eigenvalue weighted by Gasteiger charge is -2.22. The molecule has 1 amide bonds. The number of hydrogen-bond acceptors (Lipinski definition) is 4. The number of carbonyl (C=O) groups is 1. The number of nitrogens with two attached hydrogens (primary N) is 1. The highest BCUT2D eigenvalue weighted by atomic mass is 79.9. The zero-order valence-electron chi connectivity index (χ0n) is 11.5. The molecule has 1 aromatic heterocycles. The summed E-state index contributed by atoms with van der Waals surface area (Å²) in [5, 5.41) is 3.00. The van der Waals surface area contributed by atoms with Gasteiger partial charge in [0.25, 0.3) is 5.91 Å². The Labute approximate surface area is 122 Å². The number of halogens is 1. The van der Waals surface area contributed by atoms with Crippen molar-refractivity contribution < 1.29 is 4.79 Å². The summed E-state index contributed by atoms with van der Waals surface area (Å²) in [6.45, 7) is 6.28. The average Bonchev–Trinajstić information content (AvgIpc) is 2.40. The third-order valence-corrected chi connectivity index (χ3v) is 3.78. The highest BCUT2D eigenvalue weighted by Crippen LogP contribution is 2.19. The normalized spacial score (nSPS) is 12.3. The Kier molecular flexibility index (Phi) is 6.24. The van der Waals surface area contributed by atoms with Crippen molar-refractivity contribution in [2.75, 3.05) is 5.43 Å². The monoisotopic (exact) mass is 328 g/mol. The first kappa shape index (κ1) is 15.9. The van der Waals surface area contributed by atoms with Crippen LogP contribution in [0.3, 0.4) is 0 Å². The van der Waals surface area contributed by atoms with Gasteiger partial charge in [-0.25, -0.2) is 10.8 Å². The number of anilines is 1. The van der Waals surface area contributed by atoms with Crippen LogP contribution in [0.2, 0.25) is 0 Å². The molecule has 106 valence electrons. The maximum Gasteiger partial charge on any atom is 0.255 e. The van der Waals surface area contributed by atoms with Gasteiger partial charge >= 0.3 is 0 Å². The van der Waals surface area contributed by atoms with E-state index in [2.05, 4.69) is 45.5 Å². The number of pyridine rings is 1. The first-order chi connectivity index (χ1) is 9.03. The molecule has 1 heterocycles. The van der Waals surface area contributed by atoms with Crippen LogP contribution in [0.25, 0.3) is 0 Å². The number of amides is 1. The minimum atomic E-state index is -0.166. The SMILES string of the molecule is CCC(CC)C(C)NC(=O)c1cc(Br)cnc1NN. The van der Waals surface area contributed by atoms with Gasteiger partial charge in [-0.3, -0.25) is 4.79 Å². The van der Waals surface area contributed by atoms with E-state index in [1.165, 1.54) is 0 Å². The van der Waals surface area contributed by atoms with Gasteiger partial charge in [-0.1, -0.05) is 26.7 Å². The van der Waals surface area contributed by atoms with E-state index in [9.17, 15) is 4.79 Å². The molecule has 0 saturated carbocycles. The van der Waals surface area contributed by atoms with Gasteiger partial charge in [0, 0.05) is 16.7 Å². The molecule has 0 aliphatic heterocycles. The number of aromatic nitrogens is 1. The van der Waals surface area contributed by atoms with Crippen LogP contribution in [0.5, 0.6) is 0 Å². The molecule has 4 N–H and O–H groups in total. The van der Waals surface area contributed by atoms with Crippen molar-refractivity contribution >= 4 is 27.7 Å². The third-order valence-electron chi connectivity index (χ3n) is 3.35. The van der Waals surface area contributed by atoms with Gasteiger partial charge in [0.05, 0.1) is 5.56 Å². The zero-order valence-corrected chi connectivity index (χ0v) is 13.1. The lowest BCUT2D eigenvalue weighted by Crippen LogP contribution is -2.38. The second-order valence-corrected chi connectivity index (χ2v) is 5.45. The second kappa shape index (κ2) is 7.45. The van der Waals surface area contributed by atoms with Crippen molar-refractivity contribution in [3.05, 3.63) is 22.3 Å². The average molecular weight is 329 g/mol. The standard InChI is InChI=1S/C13H21BrN4O/c1-4-9(5-2)8(3)17-13(19)11-6-10(14)7-16-12(11)18-15/h6-9H,4-5,15H2,1-3H3,(H,16,18)(H,17,19). The van der Waals surface area contributed by atoms with Crippen LogP contribution >= 0.6 is 15.9 Å². The fourth-order valence-electron chi connectivity index (χ4n) is 2.13. The van der Waals surface area contributed by atoms with Crippen LogP contribution in [0.15, 0.2) is 16.7 Å². The van der Waals surface area contributed by atoms with E-state index < -0.39 is 0 Å². The number of carbonyl (C=O) groups excluding carboxylic acids is 1. The van der Waals surface area contributed by atoms with Crippen LogP contribution in [0.4, 0.5) is 5.82 Å². The van der Waals surface area contributed by atoms with Crippen molar-refractivity contribution in [2.24, 2.45) is 11.8 Å². The molecule has 0 saturated heterocycles. The predicted molar refractivity (Wildman–Crippen MR) is 80.7 cm³/mol. The zero-order chi connectivity index (χ0) is 14.4. The van der Waals surface area contributed by atoms with Crippen LogP contribution < -0.4 is 16.6 Å². The molecule has 0 fully saturated rings. The number of nitrogens with one attached hydrogen (secondary N) is 2. The van der Waals surface area contributed by atoms with Gasteiger partial charge in [-0.2, -0.15) is 0 Å². The third kappa shape index (κ3) is 4.18. The molecule has 1 unspecified atom stereocenters. The first-order valence-corrected chi connectivity index (χ1v) is 7.25. The number of nitrogens with zero attached hydrogens (tertiary/aromatic N) is 1. The number of hydrogen-bond donors (Lipinski definition) is 3. The quantitative estimate of drug-likeness (QED) is 0.554. The summed E-state index contributed by atoms with van der Waals surface area (Å²) < 4.78 is 0.742. The second-order valence-electron chi connectivity index (χ2n) is 4.53. The number of nitrogen functional groups attached to an aromatic ring is 1. The van der Waals surface area contributed by atoms with Gasteiger partial charge < -0.3 is 10.7 Å². The molecule has 0 spiro atoms. The maximum atomic E-state index is 12.3. The molecule has 0 aliphatic carbocycles. The molecule has 6 heteroatoms. The molecule has 0 radical (unpaired) electrons. The first-order valence-electron chi connectivity index (χ1n) is 6.46. The van der Waals surface area contributed by atoms with Gasteiger partial charge in [0.2, 0.25) is 0 Å². The van der Waals surface area contributed by atoms with Crippen LogP contribution in [0, 0.1) is 5.92 Å². The van der Waals surface area contributed by atoms with E-state index in [0.717, 1.165) is 17.3 Å². The Hall–Kier alpha value is -1.14. The predicted octanol–water partition coefficient (Wildman–Crippen LogP) is 2.68. The summed E-state index contributed by atoms with van der Waals surface area (Å²) in [4.78, 5) is 16.3. The molecular weight excluding hydrogens is 308 g/mol. The Morgan fingerprint density at radius 2 is 2.11 bits per heavy atom. The minimum absolute atomic E-state index is 0.118.